The fourth-order valence-corrected chi connectivity index (χ4v) is 2.46. The van der Waals surface area contributed by atoms with Gasteiger partial charge in [0.2, 0.25) is 0 Å². The Labute approximate surface area is 124 Å². The Morgan fingerprint density at radius 2 is 2.00 bits per heavy atom. The molecule has 1 saturated carbocycles. The number of hydrogen-bond donors (Lipinski definition) is 0. The maximum absolute atomic E-state index is 12.0. The van der Waals surface area contributed by atoms with Crippen LogP contribution >= 0.6 is 0 Å². The van der Waals surface area contributed by atoms with Crippen molar-refractivity contribution in [2.24, 2.45) is 0 Å². The lowest BCUT2D eigenvalue weighted by molar-refractivity contribution is -0.151. The molecule has 0 spiro atoms. The fraction of sp³-hybridized carbons (Fsp3) is 0.400. The highest BCUT2D eigenvalue weighted by Gasteiger charge is 2.29. The molecular weight excluding hydrogens is 292 g/mol. The second kappa shape index (κ2) is 6.41. The van der Waals surface area contributed by atoms with E-state index in [4.69, 9.17) is 8.92 Å². The summed E-state index contributed by atoms with van der Waals surface area (Å²) in [6, 6.07) is 7.09. The molecule has 0 aliphatic heterocycles. The van der Waals surface area contributed by atoms with Gasteiger partial charge in [-0.3, -0.25) is 4.18 Å². The number of hydrogen-bond acceptors (Lipinski definition) is 5. The van der Waals surface area contributed by atoms with Crippen molar-refractivity contribution in [3.63, 3.8) is 0 Å². The van der Waals surface area contributed by atoms with Crippen LogP contribution in [0.5, 0.6) is 0 Å². The molecule has 1 atom stereocenters. The Morgan fingerprint density at radius 3 is 2.57 bits per heavy atom. The van der Waals surface area contributed by atoms with E-state index in [0.717, 1.165) is 24.7 Å². The Balaban J connectivity index is 2.40. The molecule has 6 heteroatoms. The van der Waals surface area contributed by atoms with Crippen molar-refractivity contribution in [1.29, 1.82) is 0 Å². The summed E-state index contributed by atoms with van der Waals surface area (Å²) in [5, 5.41) is 0. The van der Waals surface area contributed by atoms with E-state index in [9.17, 15) is 13.2 Å². The van der Waals surface area contributed by atoms with Gasteiger partial charge in [0.15, 0.2) is 6.10 Å². The first-order valence-electron chi connectivity index (χ1n) is 6.74. The summed E-state index contributed by atoms with van der Waals surface area (Å²) >= 11 is 0. The molecular formula is C15H18O5S. The molecule has 114 valence electrons. The molecule has 1 aliphatic rings. The molecule has 1 aromatic rings. The molecule has 1 aliphatic carbocycles. The summed E-state index contributed by atoms with van der Waals surface area (Å²) in [6.07, 6.45) is 3.68. The van der Waals surface area contributed by atoms with Gasteiger partial charge in [-0.1, -0.05) is 35.9 Å². The van der Waals surface area contributed by atoms with Crippen LogP contribution in [0.2, 0.25) is 0 Å². The smallest absolute Gasteiger partial charge is 0.341 e. The second-order valence-electron chi connectivity index (χ2n) is 4.86. The van der Waals surface area contributed by atoms with E-state index in [0.29, 0.717) is 5.56 Å². The lowest BCUT2D eigenvalue weighted by atomic mass is 10.0. The summed E-state index contributed by atoms with van der Waals surface area (Å²) in [4.78, 5) is 12.0. The number of rotatable bonds is 6. The molecule has 2 rings (SSSR count). The SMILES string of the molecule is CCOC(=O)C(OS(C)(=O)=O)c1ccccc1C=C1CC1. The minimum Gasteiger partial charge on any atom is -0.464 e. The molecule has 21 heavy (non-hydrogen) atoms. The van der Waals surface area contributed by atoms with Gasteiger partial charge in [0, 0.05) is 5.56 Å². The topological polar surface area (TPSA) is 69.7 Å². The van der Waals surface area contributed by atoms with Crippen LogP contribution in [0.1, 0.15) is 37.0 Å². The summed E-state index contributed by atoms with van der Waals surface area (Å²) in [7, 11) is -3.79. The molecule has 1 aromatic carbocycles. The van der Waals surface area contributed by atoms with Gasteiger partial charge in [0.05, 0.1) is 12.9 Å². The third-order valence-corrected chi connectivity index (χ3v) is 3.49. The first kappa shape index (κ1) is 15.7. The highest BCUT2D eigenvalue weighted by molar-refractivity contribution is 7.86. The van der Waals surface area contributed by atoms with E-state index in [1.165, 1.54) is 5.57 Å². The summed E-state index contributed by atoms with van der Waals surface area (Å²) in [5.41, 5.74) is 2.55. The number of benzene rings is 1. The first-order chi connectivity index (χ1) is 9.90. The van der Waals surface area contributed by atoms with Gasteiger partial charge in [-0.25, -0.2) is 4.79 Å². The average Bonchev–Trinajstić information content (AvgIpc) is 3.20. The van der Waals surface area contributed by atoms with Crippen LogP contribution in [-0.2, 0) is 23.8 Å². The van der Waals surface area contributed by atoms with Crippen LogP contribution < -0.4 is 0 Å². The quantitative estimate of drug-likeness (QED) is 0.596. The summed E-state index contributed by atoms with van der Waals surface area (Å²) in [5.74, 6) is -0.704. The molecule has 0 heterocycles. The van der Waals surface area contributed by atoms with Crippen LogP contribution in [0.25, 0.3) is 6.08 Å². The second-order valence-corrected chi connectivity index (χ2v) is 6.46. The zero-order valence-electron chi connectivity index (χ0n) is 12.0. The Morgan fingerprint density at radius 1 is 1.33 bits per heavy atom. The van der Waals surface area contributed by atoms with Crippen LogP contribution in [-0.4, -0.2) is 27.2 Å². The first-order valence-corrected chi connectivity index (χ1v) is 8.55. The maximum Gasteiger partial charge on any atom is 0.341 e. The highest BCUT2D eigenvalue weighted by atomic mass is 32.2. The largest absolute Gasteiger partial charge is 0.464 e. The Bertz CT molecular complexity index is 654. The van der Waals surface area contributed by atoms with E-state index in [-0.39, 0.29) is 6.61 Å². The summed E-state index contributed by atoms with van der Waals surface area (Å²) in [6.45, 7) is 1.82. The van der Waals surface area contributed by atoms with E-state index in [1.54, 1.807) is 19.1 Å². The predicted molar refractivity (Wildman–Crippen MR) is 79.0 cm³/mol. The maximum atomic E-state index is 12.0. The molecule has 1 unspecified atom stereocenters. The summed E-state index contributed by atoms with van der Waals surface area (Å²) < 4.78 is 32.7. The van der Waals surface area contributed by atoms with E-state index in [1.807, 2.05) is 18.2 Å². The number of esters is 1. The van der Waals surface area contributed by atoms with Gasteiger partial charge < -0.3 is 4.74 Å². The zero-order chi connectivity index (χ0) is 15.5. The molecule has 1 fully saturated rings. The lowest BCUT2D eigenvalue weighted by Gasteiger charge is -2.17. The molecule has 0 bridgehead atoms. The zero-order valence-corrected chi connectivity index (χ0v) is 12.9. The number of carbonyl (C=O) groups is 1. The van der Waals surface area contributed by atoms with Gasteiger partial charge >= 0.3 is 5.97 Å². The Hall–Kier alpha value is -1.66. The van der Waals surface area contributed by atoms with Gasteiger partial charge in [0.25, 0.3) is 10.1 Å². The van der Waals surface area contributed by atoms with Crippen molar-refractivity contribution < 1.29 is 22.1 Å². The van der Waals surface area contributed by atoms with Gasteiger partial charge in [-0.2, -0.15) is 8.42 Å². The molecule has 0 aromatic heterocycles. The third-order valence-electron chi connectivity index (χ3n) is 2.95. The molecule has 0 N–H and O–H groups in total. The normalized spacial score (nSPS) is 15.4. The number of carbonyl (C=O) groups excluding carboxylic acids is 1. The van der Waals surface area contributed by atoms with E-state index >= 15 is 0 Å². The minimum atomic E-state index is -3.79. The van der Waals surface area contributed by atoms with E-state index < -0.39 is 22.2 Å². The number of allylic oxidation sites excluding steroid dienone is 1. The van der Waals surface area contributed by atoms with Crippen LogP contribution in [0, 0.1) is 0 Å². The van der Waals surface area contributed by atoms with Crippen molar-refractivity contribution in [3.8, 4) is 0 Å². The third kappa shape index (κ3) is 4.68. The molecule has 0 amide bonds. The minimum absolute atomic E-state index is 0.158. The van der Waals surface area contributed by atoms with Crippen molar-refractivity contribution >= 4 is 22.2 Å². The van der Waals surface area contributed by atoms with Crippen LogP contribution in [0.3, 0.4) is 0 Å². The fourth-order valence-electron chi connectivity index (χ4n) is 1.93. The average molecular weight is 310 g/mol. The predicted octanol–water partition coefficient (Wildman–Crippen LogP) is 2.44. The van der Waals surface area contributed by atoms with Gasteiger partial charge in [-0.15, -0.1) is 0 Å². The van der Waals surface area contributed by atoms with Crippen LogP contribution in [0.15, 0.2) is 29.8 Å². The van der Waals surface area contributed by atoms with E-state index in [2.05, 4.69) is 0 Å². The standard InChI is InChI=1S/C15H18O5S/c1-3-19-15(16)14(20-21(2,17)18)13-7-5-4-6-12(13)10-11-8-9-11/h4-7,10,14H,3,8-9H2,1-2H3. The van der Waals surface area contributed by atoms with Crippen molar-refractivity contribution in [2.75, 3.05) is 12.9 Å². The molecule has 5 nitrogen and oxygen atoms in total. The highest BCUT2D eigenvalue weighted by Crippen LogP contribution is 2.33. The monoisotopic (exact) mass is 310 g/mol. The molecule has 0 radical (unpaired) electrons. The van der Waals surface area contributed by atoms with Crippen LogP contribution in [0.4, 0.5) is 0 Å². The van der Waals surface area contributed by atoms with Gasteiger partial charge in [-0.05, 0) is 25.3 Å². The van der Waals surface area contributed by atoms with Crippen molar-refractivity contribution in [3.05, 3.63) is 41.0 Å². The van der Waals surface area contributed by atoms with Gasteiger partial charge in [0.1, 0.15) is 0 Å². The van der Waals surface area contributed by atoms with Crippen molar-refractivity contribution in [2.45, 2.75) is 25.9 Å². The Kier molecular flexibility index (Phi) is 4.80. The van der Waals surface area contributed by atoms with Crippen molar-refractivity contribution in [1.82, 2.24) is 0 Å². The number of ether oxygens (including phenoxy) is 1. The lowest BCUT2D eigenvalue weighted by Crippen LogP contribution is -2.22. The molecule has 0 saturated heterocycles.